The van der Waals surface area contributed by atoms with Crippen LogP contribution >= 0.6 is 0 Å². The molecule has 1 unspecified atom stereocenters. The molecule has 1 saturated heterocycles. The van der Waals surface area contributed by atoms with Crippen LogP contribution in [0.3, 0.4) is 0 Å². The van der Waals surface area contributed by atoms with Gasteiger partial charge in [-0.05, 0) is 43.0 Å². The molecule has 1 atom stereocenters. The number of nitrogens with zero attached hydrogens (tertiary/aromatic N) is 2. The highest BCUT2D eigenvalue weighted by Gasteiger charge is 2.24. The molecule has 2 aromatic carbocycles. The molecular formula is C26H38N4O2. The van der Waals surface area contributed by atoms with Crippen LogP contribution in [0.4, 0.5) is 0 Å². The van der Waals surface area contributed by atoms with Crippen LogP contribution in [0.15, 0.2) is 59.6 Å². The van der Waals surface area contributed by atoms with E-state index in [9.17, 15) is 0 Å². The molecule has 1 fully saturated rings. The third-order valence-electron chi connectivity index (χ3n) is 5.75. The van der Waals surface area contributed by atoms with E-state index in [1.165, 1.54) is 29.5 Å². The average molecular weight is 439 g/mol. The molecule has 2 N–H and O–H groups in total. The van der Waals surface area contributed by atoms with Crippen LogP contribution in [0.5, 0.6) is 0 Å². The minimum atomic E-state index is 0.533. The molecule has 32 heavy (non-hydrogen) atoms. The van der Waals surface area contributed by atoms with Gasteiger partial charge in [-0.2, -0.15) is 0 Å². The van der Waals surface area contributed by atoms with Crippen LogP contribution in [-0.4, -0.2) is 56.9 Å². The van der Waals surface area contributed by atoms with Crippen LogP contribution in [0.25, 0.3) is 0 Å². The fraction of sp³-hybridized carbons (Fsp3) is 0.500. The van der Waals surface area contributed by atoms with Gasteiger partial charge in [-0.25, -0.2) is 0 Å². The number of ether oxygens (including phenoxy) is 2. The first-order valence-corrected chi connectivity index (χ1v) is 11.7. The predicted octanol–water partition coefficient (Wildman–Crippen LogP) is 3.57. The summed E-state index contributed by atoms with van der Waals surface area (Å²) in [6.07, 6.45) is 2.48. The molecule has 0 aromatic heterocycles. The maximum absolute atomic E-state index is 5.69. The third kappa shape index (κ3) is 8.26. The minimum absolute atomic E-state index is 0.533. The Labute approximate surface area is 193 Å². The lowest BCUT2D eigenvalue weighted by atomic mass is 10.1. The molecule has 0 radical (unpaired) electrons. The van der Waals surface area contributed by atoms with Gasteiger partial charge in [-0.1, -0.05) is 54.6 Å². The van der Waals surface area contributed by atoms with Gasteiger partial charge in [0.2, 0.25) is 0 Å². The Morgan fingerprint density at radius 1 is 1.00 bits per heavy atom. The number of guanidine groups is 1. The second-order valence-electron chi connectivity index (χ2n) is 8.13. The first-order chi connectivity index (χ1) is 15.8. The molecule has 6 nitrogen and oxygen atoms in total. The van der Waals surface area contributed by atoms with Crippen molar-refractivity contribution in [3.63, 3.8) is 0 Å². The zero-order chi connectivity index (χ0) is 22.4. The molecular weight excluding hydrogens is 400 g/mol. The summed E-state index contributed by atoms with van der Waals surface area (Å²) < 4.78 is 11.0. The highest BCUT2D eigenvalue weighted by molar-refractivity contribution is 5.79. The molecule has 174 valence electrons. The zero-order valence-electron chi connectivity index (χ0n) is 19.6. The van der Waals surface area contributed by atoms with Crippen LogP contribution in [0.2, 0.25) is 0 Å². The molecule has 3 rings (SSSR count). The van der Waals surface area contributed by atoms with Gasteiger partial charge in [-0.15, -0.1) is 0 Å². The van der Waals surface area contributed by atoms with Crippen LogP contribution in [0.1, 0.15) is 36.5 Å². The summed E-state index contributed by atoms with van der Waals surface area (Å²) in [4.78, 5) is 6.99. The fourth-order valence-corrected chi connectivity index (χ4v) is 4.05. The number of hydrogen-bond donors (Lipinski definition) is 2. The van der Waals surface area contributed by atoms with Crippen LogP contribution in [-0.2, 0) is 29.2 Å². The van der Waals surface area contributed by atoms with E-state index in [1.807, 2.05) is 14.0 Å². The van der Waals surface area contributed by atoms with Crippen molar-refractivity contribution in [2.24, 2.45) is 4.99 Å². The Bertz CT molecular complexity index is 812. The van der Waals surface area contributed by atoms with Crippen molar-refractivity contribution in [1.82, 2.24) is 15.5 Å². The summed E-state index contributed by atoms with van der Waals surface area (Å²) in [6.45, 7) is 8.39. The number of hydrogen-bond acceptors (Lipinski definition) is 4. The lowest BCUT2D eigenvalue weighted by Gasteiger charge is -2.25. The van der Waals surface area contributed by atoms with Crippen molar-refractivity contribution in [1.29, 1.82) is 0 Å². The summed E-state index contributed by atoms with van der Waals surface area (Å²) in [6, 6.07) is 19.7. The normalized spacial score (nSPS) is 16.9. The molecule has 0 spiro atoms. The highest BCUT2D eigenvalue weighted by Crippen LogP contribution is 2.19. The summed E-state index contributed by atoms with van der Waals surface area (Å²) in [5, 5.41) is 6.97. The summed E-state index contributed by atoms with van der Waals surface area (Å²) in [5.74, 6) is 0.843. The fourth-order valence-electron chi connectivity index (χ4n) is 4.05. The molecule has 1 heterocycles. The Hall–Kier alpha value is -2.41. The van der Waals surface area contributed by atoms with Gasteiger partial charge in [0, 0.05) is 39.3 Å². The van der Waals surface area contributed by atoms with Gasteiger partial charge in [-0.3, -0.25) is 9.89 Å². The van der Waals surface area contributed by atoms with E-state index in [2.05, 4.69) is 75.1 Å². The van der Waals surface area contributed by atoms with Crippen molar-refractivity contribution in [3.05, 3.63) is 71.3 Å². The molecule has 0 amide bonds. The quantitative estimate of drug-likeness (QED) is 0.301. The summed E-state index contributed by atoms with van der Waals surface area (Å²) >= 11 is 0. The summed E-state index contributed by atoms with van der Waals surface area (Å²) in [5.41, 5.74) is 3.76. The molecule has 1 aliphatic heterocycles. The van der Waals surface area contributed by atoms with Gasteiger partial charge in [0.15, 0.2) is 5.96 Å². The highest BCUT2D eigenvalue weighted by atomic mass is 16.5. The largest absolute Gasteiger partial charge is 0.379 e. The molecule has 2 aromatic rings. The predicted molar refractivity (Wildman–Crippen MR) is 131 cm³/mol. The molecule has 0 saturated carbocycles. The summed E-state index contributed by atoms with van der Waals surface area (Å²) in [7, 11) is 1.83. The molecule has 1 aliphatic rings. The van der Waals surface area contributed by atoms with Crippen LogP contribution < -0.4 is 10.6 Å². The molecule has 0 aliphatic carbocycles. The van der Waals surface area contributed by atoms with Crippen molar-refractivity contribution in [2.45, 2.75) is 45.5 Å². The number of likely N-dealkylation sites (tertiary alicyclic amines) is 1. The van der Waals surface area contributed by atoms with E-state index in [1.54, 1.807) is 0 Å². The number of nitrogens with one attached hydrogen (secondary N) is 2. The SMILES string of the molecule is CCOCCOCc1cccc(CNC(=NC)NCC2CCCN2Cc2ccccc2)c1. The van der Waals surface area contributed by atoms with E-state index in [4.69, 9.17) is 9.47 Å². The first kappa shape index (κ1) is 24.2. The second-order valence-corrected chi connectivity index (χ2v) is 8.13. The number of aliphatic imine (C=N–C) groups is 1. The van der Waals surface area contributed by atoms with Gasteiger partial charge in [0.1, 0.15) is 0 Å². The molecule has 6 heteroatoms. The number of benzene rings is 2. The van der Waals surface area contributed by atoms with Crippen molar-refractivity contribution in [3.8, 4) is 0 Å². The Morgan fingerprint density at radius 2 is 1.78 bits per heavy atom. The van der Waals surface area contributed by atoms with Crippen molar-refractivity contribution >= 4 is 5.96 Å². The topological polar surface area (TPSA) is 58.1 Å². The maximum atomic E-state index is 5.69. The van der Waals surface area contributed by atoms with Gasteiger partial charge >= 0.3 is 0 Å². The minimum Gasteiger partial charge on any atom is -0.379 e. The van der Waals surface area contributed by atoms with Gasteiger partial charge < -0.3 is 20.1 Å². The van der Waals surface area contributed by atoms with E-state index < -0.39 is 0 Å². The number of rotatable bonds is 12. The van der Waals surface area contributed by atoms with Gasteiger partial charge in [0.05, 0.1) is 19.8 Å². The zero-order valence-corrected chi connectivity index (χ0v) is 19.6. The standard InChI is InChI=1S/C26H38N4O2/c1-3-31-15-16-32-21-24-12-7-11-23(17-24)18-28-26(27-2)29-19-25-13-8-14-30(25)20-22-9-5-4-6-10-22/h4-7,9-12,17,25H,3,8,13-16,18-21H2,1-2H3,(H2,27,28,29). The third-order valence-corrected chi connectivity index (χ3v) is 5.75. The van der Waals surface area contributed by atoms with Crippen LogP contribution in [0, 0.1) is 0 Å². The Kier molecular flexibility index (Phi) is 10.5. The average Bonchev–Trinajstić information content (AvgIpc) is 3.27. The smallest absolute Gasteiger partial charge is 0.191 e. The lowest BCUT2D eigenvalue weighted by molar-refractivity contribution is 0.0453. The van der Waals surface area contributed by atoms with Gasteiger partial charge in [0.25, 0.3) is 0 Å². The van der Waals surface area contributed by atoms with E-state index in [0.717, 1.165) is 38.7 Å². The molecule has 0 bridgehead atoms. The second kappa shape index (κ2) is 13.9. The van der Waals surface area contributed by atoms with Crippen molar-refractivity contribution < 1.29 is 9.47 Å². The monoisotopic (exact) mass is 438 g/mol. The lowest BCUT2D eigenvalue weighted by Crippen LogP contribution is -2.44. The Balaban J connectivity index is 1.41. The van der Waals surface area contributed by atoms with E-state index >= 15 is 0 Å². The van der Waals surface area contributed by atoms with E-state index in [0.29, 0.717) is 25.9 Å². The van der Waals surface area contributed by atoms with E-state index in [-0.39, 0.29) is 0 Å². The maximum Gasteiger partial charge on any atom is 0.191 e. The first-order valence-electron chi connectivity index (χ1n) is 11.7. The van der Waals surface area contributed by atoms with Crippen molar-refractivity contribution in [2.75, 3.05) is 40.0 Å². The Morgan fingerprint density at radius 3 is 2.59 bits per heavy atom.